The zero-order valence-electron chi connectivity index (χ0n) is 21.2. The summed E-state index contributed by atoms with van der Waals surface area (Å²) in [7, 11) is -3.71. The van der Waals surface area contributed by atoms with Crippen LogP contribution >= 0.6 is 0 Å². The van der Waals surface area contributed by atoms with E-state index in [0.717, 1.165) is 22.4 Å². The Labute approximate surface area is 213 Å². The normalized spacial score (nSPS) is 18.0. The first-order chi connectivity index (χ1) is 17.1. The topological polar surface area (TPSA) is 90.0 Å². The van der Waals surface area contributed by atoms with Crippen molar-refractivity contribution in [2.24, 2.45) is 0 Å². The number of aryl methyl sites for hydroxylation is 3. The Kier molecular flexibility index (Phi) is 7.24. The molecule has 0 bridgehead atoms. The molecule has 36 heavy (non-hydrogen) atoms. The molecule has 0 unspecified atom stereocenters. The molecule has 0 aromatic heterocycles. The molecule has 0 atom stereocenters. The summed E-state index contributed by atoms with van der Waals surface area (Å²) in [4.78, 5) is 30.1. The first-order valence-electron chi connectivity index (χ1n) is 12.2. The number of piperidine rings is 1. The molecule has 2 aromatic carbocycles. The monoisotopic (exact) mass is 510 g/mol. The van der Waals surface area contributed by atoms with E-state index in [-0.39, 0.29) is 38.1 Å². The van der Waals surface area contributed by atoms with Gasteiger partial charge in [-0.2, -0.15) is 4.31 Å². The number of nitrogens with zero attached hydrogens (tertiary/aromatic N) is 3. The van der Waals surface area contributed by atoms with Gasteiger partial charge in [0.15, 0.2) is 0 Å². The van der Waals surface area contributed by atoms with Crippen LogP contribution in [0.2, 0.25) is 0 Å². The molecule has 2 heterocycles. The van der Waals surface area contributed by atoms with Crippen molar-refractivity contribution in [1.29, 1.82) is 0 Å². The summed E-state index contributed by atoms with van der Waals surface area (Å²) >= 11 is 0. The highest BCUT2D eigenvalue weighted by molar-refractivity contribution is 7.89. The van der Waals surface area contributed by atoms with E-state index >= 15 is 0 Å². The Balaban J connectivity index is 1.61. The van der Waals surface area contributed by atoms with Gasteiger partial charge in [-0.3, -0.25) is 9.59 Å². The minimum absolute atomic E-state index is 0.0540. The smallest absolute Gasteiger partial charge is 0.250 e. The lowest BCUT2D eigenvalue weighted by Crippen LogP contribution is -2.57. The number of hydrogen-bond donors (Lipinski definition) is 1. The fourth-order valence-corrected chi connectivity index (χ4v) is 7.39. The van der Waals surface area contributed by atoms with Crippen LogP contribution in [0.5, 0.6) is 0 Å². The number of rotatable bonds is 7. The lowest BCUT2D eigenvalue weighted by molar-refractivity contribution is -0.137. The molecule has 2 amide bonds. The van der Waals surface area contributed by atoms with Crippen LogP contribution in [0.1, 0.15) is 29.5 Å². The highest BCUT2D eigenvalue weighted by Crippen LogP contribution is 2.40. The molecular weight excluding hydrogens is 476 g/mol. The van der Waals surface area contributed by atoms with Crippen LogP contribution < -0.4 is 10.2 Å². The average molecular weight is 511 g/mol. The van der Waals surface area contributed by atoms with Crippen LogP contribution in [-0.2, 0) is 19.6 Å². The number of sulfonamides is 1. The van der Waals surface area contributed by atoms with Crippen LogP contribution in [0.3, 0.4) is 0 Å². The third-order valence-electron chi connectivity index (χ3n) is 7.11. The zero-order valence-corrected chi connectivity index (χ0v) is 22.0. The fourth-order valence-electron chi connectivity index (χ4n) is 5.54. The predicted molar refractivity (Wildman–Crippen MR) is 140 cm³/mol. The third kappa shape index (κ3) is 4.65. The van der Waals surface area contributed by atoms with Crippen LogP contribution in [0, 0.1) is 20.8 Å². The maximum Gasteiger partial charge on any atom is 0.250 e. The number of nitrogens with one attached hydrogen (secondary N) is 1. The second-order valence-corrected chi connectivity index (χ2v) is 11.5. The van der Waals surface area contributed by atoms with Crippen LogP contribution in [-0.4, -0.2) is 67.8 Å². The minimum Gasteiger partial charge on any atom is -0.351 e. The van der Waals surface area contributed by atoms with Gasteiger partial charge in [-0.05, 0) is 56.9 Å². The first-order valence-corrected chi connectivity index (χ1v) is 13.6. The number of amides is 2. The van der Waals surface area contributed by atoms with Crippen LogP contribution in [0.4, 0.5) is 5.69 Å². The van der Waals surface area contributed by atoms with Crippen molar-refractivity contribution < 1.29 is 18.0 Å². The predicted octanol–water partition coefficient (Wildman–Crippen LogP) is 2.74. The van der Waals surface area contributed by atoms with E-state index in [9.17, 15) is 18.0 Å². The number of carbonyl (C=O) groups excluding carboxylic acids is 2. The largest absolute Gasteiger partial charge is 0.351 e. The first kappa shape index (κ1) is 25.9. The fraction of sp³-hybridized carbons (Fsp3) is 0.407. The number of hydrogen-bond acceptors (Lipinski definition) is 5. The maximum absolute atomic E-state index is 13.8. The molecule has 2 aromatic rings. The molecule has 8 nitrogen and oxygen atoms in total. The molecule has 0 radical (unpaired) electrons. The second-order valence-electron chi connectivity index (χ2n) is 9.66. The lowest BCUT2D eigenvalue weighted by atomic mass is 9.86. The Morgan fingerprint density at radius 1 is 1.08 bits per heavy atom. The van der Waals surface area contributed by atoms with Gasteiger partial charge < -0.3 is 15.1 Å². The van der Waals surface area contributed by atoms with E-state index in [4.69, 9.17) is 0 Å². The number of anilines is 1. The van der Waals surface area contributed by atoms with E-state index in [1.807, 2.05) is 68.1 Å². The van der Waals surface area contributed by atoms with Crippen molar-refractivity contribution in [1.82, 2.24) is 14.5 Å². The molecule has 2 aliphatic rings. The molecule has 2 aliphatic heterocycles. The van der Waals surface area contributed by atoms with Crippen molar-refractivity contribution in [3.8, 4) is 0 Å². The van der Waals surface area contributed by atoms with E-state index < -0.39 is 15.6 Å². The molecule has 1 spiro atoms. The summed E-state index contributed by atoms with van der Waals surface area (Å²) in [6.45, 7) is 10.2. The van der Waals surface area contributed by atoms with Crippen molar-refractivity contribution in [3.63, 3.8) is 0 Å². The third-order valence-corrected chi connectivity index (χ3v) is 9.32. The molecule has 192 valence electrons. The van der Waals surface area contributed by atoms with E-state index in [2.05, 4.69) is 11.9 Å². The van der Waals surface area contributed by atoms with Gasteiger partial charge in [0.1, 0.15) is 12.1 Å². The highest BCUT2D eigenvalue weighted by atomic mass is 32.2. The van der Waals surface area contributed by atoms with Crippen molar-refractivity contribution in [3.05, 3.63) is 71.8 Å². The van der Waals surface area contributed by atoms with Gasteiger partial charge in [0.2, 0.25) is 21.8 Å². The highest BCUT2D eigenvalue weighted by Gasteiger charge is 2.55. The molecule has 2 saturated heterocycles. The van der Waals surface area contributed by atoms with Crippen LogP contribution in [0.25, 0.3) is 0 Å². The maximum atomic E-state index is 13.8. The SMILES string of the molecule is C=CCNC(=O)CN1CN(c2ccccc2)C2(CCN(S(=O)(=O)c3c(C)cc(C)cc3C)CC2)C1=O. The molecule has 2 fully saturated rings. The Bertz CT molecular complexity index is 1240. The summed E-state index contributed by atoms with van der Waals surface area (Å²) in [5.74, 6) is -0.390. The Hall–Kier alpha value is -3.17. The summed E-state index contributed by atoms with van der Waals surface area (Å²) in [6, 6.07) is 13.4. The summed E-state index contributed by atoms with van der Waals surface area (Å²) < 4.78 is 28.8. The quantitative estimate of drug-likeness (QED) is 0.579. The lowest BCUT2D eigenvalue weighted by Gasteiger charge is -2.43. The molecule has 0 saturated carbocycles. The van der Waals surface area contributed by atoms with E-state index in [1.165, 1.54) is 4.31 Å². The van der Waals surface area contributed by atoms with Gasteiger partial charge in [0.25, 0.3) is 0 Å². The molecule has 0 aliphatic carbocycles. The van der Waals surface area contributed by atoms with Gasteiger partial charge in [-0.25, -0.2) is 8.42 Å². The number of benzene rings is 2. The average Bonchev–Trinajstić information content (AvgIpc) is 3.08. The Morgan fingerprint density at radius 3 is 2.28 bits per heavy atom. The van der Waals surface area contributed by atoms with Gasteiger partial charge in [0.05, 0.1) is 11.6 Å². The number of para-hydroxylation sites is 1. The molecular formula is C27H34N4O4S. The van der Waals surface area contributed by atoms with Gasteiger partial charge in [0, 0.05) is 25.3 Å². The van der Waals surface area contributed by atoms with Crippen LogP contribution in [0.15, 0.2) is 60.0 Å². The van der Waals surface area contributed by atoms with Gasteiger partial charge in [-0.1, -0.05) is 42.0 Å². The summed E-state index contributed by atoms with van der Waals surface area (Å²) in [5.41, 5.74) is 2.46. The van der Waals surface area contributed by atoms with Crippen molar-refractivity contribution in [2.45, 2.75) is 44.0 Å². The van der Waals surface area contributed by atoms with Gasteiger partial charge >= 0.3 is 0 Å². The summed E-state index contributed by atoms with van der Waals surface area (Å²) in [6.07, 6.45) is 2.28. The number of carbonyl (C=O) groups is 2. The van der Waals surface area contributed by atoms with Crippen molar-refractivity contribution >= 4 is 27.5 Å². The standard InChI is InChI=1S/C27H34N4O4S/c1-5-13-28-24(32)18-29-19-31(23-9-7-6-8-10-23)27(26(29)33)11-14-30(15-12-27)36(34,35)25-21(3)16-20(2)17-22(25)4/h5-10,16-17H,1,11-15,18-19H2,2-4H3,(H,28,32). The molecule has 1 N–H and O–H groups in total. The summed E-state index contributed by atoms with van der Waals surface area (Å²) in [5, 5.41) is 2.73. The Morgan fingerprint density at radius 2 is 1.69 bits per heavy atom. The van der Waals surface area contributed by atoms with Gasteiger partial charge in [-0.15, -0.1) is 6.58 Å². The molecule has 9 heteroatoms. The van der Waals surface area contributed by atoms with E-state index in [1.54, 1.807) is 11.0 Å². The molecule has 4 rings (SSSR count). The van der Waals surface area contributed by atoms with Crippen molar-refractivity contribution in [2.75, 3.05) is 37.7 Å². The second kappa shape index (κ2) is 10.1. The minimum atomic E-state index is -3.71. The van der Waals surface area contributed by atoms with E-state index in [0.29, 0.717) is 24.3 Å². The zero-order chi connectivity index (χ0) is 26.1.